The van der Waals surface area contributed by atoms with Crippen LogP contribution in [0, 0.1) is 0 Å². The van der Waals surface area contributed by atoms with Crippen LogP contribution in [0.4, 0.5) is 5.69 Å². The minimum atomic E-state index is -0.315. The van der Waals surface area contributed by atoms with E-state index in [-0.39, 0.29) is 30.7 Å². The Bertz CT molecular complexity index is 1060. The quantitative estimate of drug-likeness (QED) is 0.650. The van der Waals surface area contributed by atoms with Crippen molar-refractivity contribution in [3.63, 3.8) is 0 Å². The fourth-order valence-electron chi connectivity index (χ4n) is 3.47. The van der Waals surface area contributed by atoms with Gasteiger partial charge in [0.1, 0.15) is 0 Å². The van der Waals surface area contributed by atoms with Gasteiger partial charge in [-0.05, 0) is 42.1 Å². The minimum absolute atomic E-state index is 0.186. The topological polar surface area (TPSA) is 66.5 Å². The van der Waals surface area contributed by atoms with Gasteiger partial charge in [-0.25, -0.2) is 0 Å². The molecule has 0 fully saturated rings. The monoisotopic (exact) mass is 392 g/mol. The molecule has 4 rings (SSSR count). The van der Waals surface area contributed by atoms with E-state index in [1.807, 2.05) is 24.3 Å². The SMILES string of the molecule is O=C(CCCN1C(=O)c2cccc3cccc(c23)C1=O)Nc1cccc(Cl)c1. The van der Waals surface area contributed by atoms with Crippen molar-refractivity contribution in [3.8, 4) is 0 Å². The van der Waals surface area contributed by atoms with Crippen LogP contribution in [0.25, 0.3) is 10.8 Å². The maximum Gasteiger partial charge on any atom is 0.261 e. The molecule has 1 N–H and O–H groups in total. The molecule has 6 heteroatoms. The molecule has 28 heavy (non-hydrogen) atoms. The van der Waals surface area contributed by atoms with E-state index in [4.69, 9.17) is 11.6 Å². The Morgan fingerprint density at radius 3 is 2.21 bits per heavy atom. The van der Waals surface area contributed by atoms with Gasteiger partial charge in [-0.1, -0.05) is 41.9 Å². The number of hydrogen-bond acceptors (Lipinski definition) is 3. The Morgan fingerprint density at radius 1 is 0.929 bits per heavy atom. The van der Waals surface area contributed by atoms with Crippen molar-refractivity contribution < 1.29 is 14.4 Å². The number of benzene rings is 3. The van der Waals surface area contributed by atoms with E-state index in [0.717, 1.165) is 5.39 Å². The maximum atomic E-state index is 12.8. The van der Waals surface area contributed by atoms with E-state index >= 15 is 0 Å². The summed E-state index contributed by atoms with van der Waals surface area (Å²) >= 11 is 5.91. The molecule has 3 amide bonds. The Labute approximate surface area is 166 Å². The molecule has 0 unspecified atom stereocenters. The van der Waals surface area contributed by atoms with Crippen LogP contribution in [0.15, 0.2) is 60.7 Å². The van der Waals surface area contributed by atoms with E-state index in [0.29, 0.717) is 33.6 Å². The van der Waals surface area contributed by atoms with Gasteiger partial charge in [0.25, 0.3) is 11.8 Å². The van der Waals surface area contributed by atoms with Crippen LogP contribution < -0.4 is 5.32 Å². The summed E-state index contributed by atoms with van der Waals surface area (Å²) in [6.45, 7) is 0.186. The largest absolute Gasteiger partial charge is 0.326 e. The first-order chi connectivity index (χ1) is 13.5. The van der Waals surface area contributed by atoms with Gasteiger partial charge < -0.3 is 5.32 Å². The molecule has 0 saturated heterocycles. The highest BCUT2D eigenvalue weighted by Crippen LogP contribution is 2.30. The summed E-state index contributed by atoms with van der Waals surface area (Å²) in [5, 5.41) is 4.88. The molecule has 3 aromatic rings. The minimum Gasteiger partial charge on any atom is -0.326 e. The van der Waals surface area contributed by atoms with Crippen LogP contribution in [0.1, 0.15) is 33.6 Å². The predicted molar refractivity (Wildman–Crippen MR) is 109 cm³/mol. The van der Waals surface area contributed by atoms with Crippen molar-refractivity contribution in [1.29, 1.82) is 0 Å². The number of nitrogens with one attached hydrogen (secondary N) is 1. The third-order valence-electron chi connectivity index (χ3n) is 4.75. The number of carbonyl (C=O) groups is 3. The molecule has 1 aliphatic rings. The molecule has 140 valence electrons. The highest BCUT2D eigenvalue weighted by Gasteiger charge is 2.32. The number of halogens is 1. The number of nitrogens with zero attached hydrogens (tertiary/aromatic N) is 1. The molecule has 0 atom stereocenters. The van der Waals surface area contributed by atoms with E-state index in [1.165, 1.54) is 4.90 Å². The molecule has 1 heterocycles. The van der Waals surface area contributed by atoms with E-state index < -0.39 is 0 Å². The molecular formula is C22H17ClN2O3. The van der Waals surface area contributed by atoms with Gasteiger partial charge in [0.05, 0.1) is 0 Å². The van der Waals surface area contributed by atoms with Crippen molar-refractivity contribution in [2.24, 2.45) is 0 Å². The van der Waals surface area contributed by atoms with Crippen molar-refractivity contribution in [1.82, 2.24) is 4.90 Å². The second-order valence-electron chi connectivity index (χ2n) is 6.63. The standard InChI is InChI=1S/C22H17ClN2O3/c23-15-7-3-8-16(13-15)24-19(26)11-4-12-25-21(27)17-9-1-5-14-6-2-10-18(20(14)17)22(25)28/h1-3,5-10,13H,4,11-12H2,(H,24,26). The van der Waals surface area contributed by atoms with Crippen LogP contribution in [0.2, 0.25) is 5.02 Å². The smallest absolute Gasteiger partial charge is 0.261 e. The summed E-state index contributed by atoms with van der Waals surface area (Å²) in [7, 11) is 0. The van der Waals surface area contributed by atoms with Crippen molar-refractivity contribution in [2.45, 2.75) is 12.8 Å². The second-order valence-corrected chi connectivity index (χ2v) is 7.07. The average molecular weight is 393 g/mol. The molecule has 3 aromatic carbocycles. The lowest BCUT2D eigenvalue weighted by Gasteiger charge is -2.27. The Hall–Kier alpha value is -3.18. The fraction of sp³-hybridized carbons (Fsp3) is 0.136. The number of amides is 3. The van der Waals surface area contributed by atoms with Crippen molar-refractivity contribution in [2.75, 3.05) is 11.9 Å². The third kappa shape index (κ3) is 3.37. The lowest BCUT2D eigenvalue weighted by Crippen LogP contribution is -2.41. The predicted octanol–water partition coefficient (Wildman–Crippen LogP) is 4.51. The Kier molecular flexibility index (Phi) is 4.84. The highest BCUT2D eigenvalue weighted by atomic mass is 35.5. The fourth-order valence-corrected chi connectivity index (χ4v) is 3.66. The summed E-state index contributed by atoms with van der Waals surface area (Å²) < 4.78 is 0. The third-order valence-corrected chi connectivity index (χ3v) is 4.98. The lowest BCUT2D eigenvalue weighted by atomic mass is 9.94. The lowest BCUT2D eigenvalue weighted by molar-refractivity contribution is -0.116. The van der Waals surface area contributed by atoms with Crippen LogP contribution in [-0.4, -0.2) is 29.2 Å². The van der Waals surface area contributed by atoms with Crippen LogP contribution in [-0.2, 0) is 4.79 Å². The number of rotatable bonds is 5. The molecule has 0 bridgehead atoms. The molecule has 5 nitrogen and oxygen atoms in total. The molecule has 0 aromatic heterocycles. The van der Waals surface area contributed by atoms with Crippen LogP contribution in [0.5, 0.6) is 0 Å². The molecule has 0 aliphatic carbocycles. The number of imide groups is 1. The Morgan fingerprint density at radius 2 is 1.57 bits per heavy atom. The zero-order chi connectivity index (χ0) is 19.7. The first kappa shape index (κ1) is 18.2. The summed E-state index contributed by atoms with van der Waals surface area (Å²) in [4.78, 5) is 39.0. The first-order valence-electron chi connectivity index (χ1n) is 8.98. The maximum absolute atomic E-state index is 12.8. The highest BCUT2D eigenvalue weighted by molar-refractivity contribution is 6.31. The van der Waals surface area contributed by atoms with E-state index in [2.05, 4.69) is 5.32 Å². The van der Waals surface area contributed by atoms with E-state index in [1.54, 1.807) is 36.4 Å². The second kappa shape index (κ2) is 7.44. The molecular weight excluding hydrogens is 376 g/mol. The van der Waals surface area contributed by atoms with Gasteiger partial charge in [-0.3, -0.25) is 19.3 Å². The summed E-state index contributed by atoms with van der Waals surface area (Å²) in [6, 6.07) is 17.8. The number of anilines is 1. The zero-order valence-electron chi connectivity index (χ0n) is 14.9. The molecule has 1 aliphatic heterocycles. The van der Waals surface area contributed by atoms with Gasteiger partial charge in [0, 0.05) is 40.2 Å². The van der Waals surface area contributed by atoms with E-state index in [9.17, 15) is 14.4 Å². The summed E-state index contributed by atoms with van der Waals surface area (Å²) in [6.07, 6.45) is 0.567. The van der Waals surface area contributed by atoms with Crippen LogP contribution in [0.3, 0.4) is 0 Å². The summed E-state index contributed by atoms with van der Waals surface area (Å²) in [5.74, 6) is -0.823. The molecule has 0 saturated carbocycles. The normalized spacial score (nSPS) is 13.1. The van der Waals surface area contributed by atoms with Gasteiger partial charge in [0.2, 0.25) is 5.91 Å². The first-order valence-corrected chi connectivity index (χ1v) is 9.36. The Balaban J connectivity index is 1.44. The van der Waals surface area contributed by atoms with Crippen LogP contribution >= 0.6 is 11.6 Å². The number of carbonyl (C=O) groups excluding carboxylic acids is 3. The van der Waals surface area contributed by atoms with Crippen molar-refractivity contribution >= 4 is 45.8 Å². The zero-order valence-corrected chi connectivity index (χ0v) is 15.7. The van der Waals surface area contributed by atoms with Gasteiger partial charge in [-0.2, -0.15) is 0 Å². The summed E-state index contributed by atoms with van der Waals surface area (Å²) in [5.41, 5.74) is 1.66. The van der Waals surface area contributed by atoms with Gasteiger partial charge in [0.15, 0.2) is 0 Å². The number of hydrogen-bond donors (Lipinski definition) is 1. The average Bonchev–Trinajstić information content (AvgIpc) is 2.68. The van der Waals surface area contributed by atoms with Gasteiger partial charge >= 0.3 is 0 Å². The molecule has 0 spiro atoms. The van der Waals surface area contributed by atoms with Crippen molar-refractivity contribution in [3.05, 3.63) is 76.8 Å². The molecule has 0 radical (unpaired) electrons. The van der Waals surface area contributed by atoms with Gasteiger partial charge in [-0.15, -0.1) is 0 Å².